The third-order valence-electron chi connectivity index (χ3n) is 5.18. The zero-order chi connectivity index (χ0) is 16.6. The molecule has 124 valence electrons. The number of para-hydroxylation sites is 1. The zero-order valence-electron chi connectivity index (χ0n) is 14.1. The lowest BCUT2D eigenvalue weighted by atomic mass is 9.90. The Labute approximate surface area is 147 Å². The largest absolute Gasteiger partial charge is 0.305 e. The van der Waals surface area contributed by atoms with Crippen molar-refractivity contribution in [2.75, 3.05) is 16.5 Å². The minimum absolute atomic E-state index is 0.750. The second kappa shape index (κ2) is 5.88. The highest BCUT2D eigenvalue weighted by Gasteiger charge is 2.32. The molecular weight excluding hydrogens is 308 g/mol. The highest BCUT2D eigenvalue weighted by Crippen LogP contribution is 2.43. The fourth-order valence-corrected chi connectivity index (χ4v) is 4.00. The van der Waals surface area contributed by atoms with Gasteiger partial charge in [0.05, 0.1) is 0 Å². The van der Waals surface area contributed by atoms with E-state index in [1.165, 1.54) is 36.1 Å². The highest BCUT2D eigenvalue weighted by molar-refractivity contribution is 5.82. The Hall–Kier alpha value is -2.88. The molecular formula is C21H20N4. The van der Waals surface area contributed by atoms with Gasteiger partial charge in [-0.25, -0.2) is 9.97 Å². The summed E-state index contributed by atoms with van der Waals surface area (Å²) in [6, 6.07) is 17.1. The van der Waals surface area contributed by atoms with Crippen LogP contribution in [0.15, 0.2) is 60.9 Å². The lowest BCUT2D eigenvalue weighted by molar-refractivity contribution is 0.684. The van der Waals surface area contributed by atoms with E-state index in [0.29, 0.717) is 0 Å². The summed E-state index contributed by atoms with van der Waals surface area (Å²) in [6.07, 6.45) is 8.47. The van der Waals surface area contributed by atoms with E-state index in [1.807, 2.05) is 6.07 Å². The maximum atomic E-state index is 4.66. The summed E-state index contributed by atoms with van der Waals surface area (Å²) >= 11 is 0. The van der Waals surface area contributed by atoms with Crippen LogP contribution in [-0.4, -0.2) is 16.6 Å². The Morgan fingerprint density at radius 2 is 1.48 bits per heavy atom. The summed E-state index contributed by atoms with van der Waals surface area (Å²) in [6.45, 7) is 0.750. The molecule has 0 unspecified atom stereocenters. The fraction of sp³-hybridized carbons (Fsp3) is 0.238. The summed E-state index contributed by atoms with van der Waals surface area (Å²) in [5.74, 6) is 1.88. The van der Waals surface area contributed by atoms with Crippen LogP contribution in [0.3, 0.4) is 0 Å². The summed E-state index contributed by atoms with van der Waals surface area (Å²) in [5.41, 5.74) is 5.42. The van der Waals surface area contributed by atoms with Gasteiger partial charge in [-0.3, -0.25) is 0 Å². The second-order valence-electron chi connectivity index (χ2n) is 6.66. The molecule has 0 saturated heterocycles. The van der Waals surface area contributed by atoms with Crippen LogP contribution in [0.4, 0.5) is 23.0 Å². The summed E-state index contributed by atoms with van der Waals surface area (Å²) in [7, 11) is 0. The van der Waals surface area contributed by atoms with Crippen molar-refractivity contribution in [2.45, 2.75) is 25.7 Å². The Bertz CT molecular complexity index is 907. The predicted molar refractivity (Wildman–Crippen MR) is 101 cm³/mol. The van der Waals surface area contributed by atoms with E-state index in [2.05, 4.69) is 62.2 Å². The Balaban J connectivity index is 1.62. The van der Waals surface area contributed by atoms with Gasteiger partial charge in [0.25, 0.3) is 0 Å². The first-order valence-corrected chi connectivity index (χ1v) is 8.94. The van der Waals surface area contributed by atoms with Gasteiger partial charge < -0.3 is 9.80 Å². The number of aromatic nitrogens is 2. The molecule has 0 spiro atoms. The molecule has 0 bridgehead atoms. The van der Waals surface area contributed by atoms with E-state index in [4.69, 9.17) is 0 Å². The first kappa shape index (κ1) is 14.5. The molecule has 2 aromatic carbocycles. The van der Waals surface area contributed by atoms with E-state index in [0.717, 1.165) is 30.4 Å². The lowest BCUT2D eigenvalue weighted by Crippen LogP contribution is -2.25. The Morgan fingerprint density at radius 3 is 2.32 bits per heavy atom. The molecule has 0 atom stereocenters. The Morgan fingerprint density at radius 1 is 0.720 bits per heavy atom. The number of aryl methyl sites for hydroxylation is 1. The molecule has 3 aromatic rings. The molecule has 0 radical (unpaired) electrons. The Kier molecular flexibility index (Phi) is 3.40. The van der Waals surface area contributed by atoms with Gasteiger partial charge in [-0.05, 0) is 55.0 Å². The van der Waals surface area contributed by atoms with E-state index in [1.54, 1.807) is 12.4 Å². The number of rotatable bonds is 2. The maximum Gasteiger partial charge on any atom is 0.178 e. The van der Waals surface area contributed by atoms with Crippen molar-refractivity contribution >= 4 is 23.0 Å². The molecule has 0 fully saturated rings. The number of fused-ring (bicyclic) bond motifs is 2. The molecule has 0 saturated carbocycles. The minimum Gasteiger partial charge on any atom is -0.305 e. The molecule has 0 amide bonds. The quantitative estimate of drug-likeness (QED) is 0.688. The van der Waals surface area contributed by atoms with Crippen molar-refractivity contribution < 1.29 is 0 Å². The molecule has 1 aromatic heterocycles. The molecule has 1 aliphatic carbocycles. The maximum absolute atomic E-state index is 4.66. The summed E-state index contributed by atoms with van der Waals surface area (Å²) in [5, 5.41) is 0. The molecule has 0 N–H and O–H groups in total. The minimum atomic E-state index is 0.750. The van der Waals surface area contributed by atoms with Crippen molar-refractivity contribution in [3.63, 3.8) is 0 Å². The zero-order valence-corrected chi connectivity index (χ0v) is 14.1. The van der Waals surface area contributed by atoms with Gasteiger partial charge >= 0.3 is 0 Å². The smallest absolute Gasteiger partial charge is 0.178 e. The molecule has 2 heterocycles. The topological polar surface area (TPSA) is 32.3 Å². The number of hydrogen-bond acceptors (Lipinski definition) is 4. The van der Waals surface area contributed by atoms with Gasteiger partial charge in [0.1, 0.15) is 6.67 Å². The predicted octanol–water partition coefficient (Wildman–Crippen LogP) is 4.60. The van der Waals surface area contributed by atoms with E-state index < -0.39 is 0 Å². The van der Waals surface area contributed by atoms with Crippen LogP contribution in [0.5, 0.6) is 0 Å². The fourth-order valence-electron chi connectivity index (χ4n) is 4.00. The third-order valence-corrected chi connectivity index (χ3v) is 5.18. The molecule has 1 aliphatic heterocycles. The van der Waals surface area contributed by atoms with E-state index in [9.17, 15) is 0 Å². The number of benzene rings is 2. The van der Waals surface area contributed by atoms with Crippen molar-refractivity contribution in [3.05, 3.63) is 72.1 Å². The first-order chi connectivity index (χ1) is 12.4. The first-order valence-electron chi connectivity index (χ1n) is 8.94. The van der Waals surface area contributed by atoms with Gasteiger partial charge in [-0.1, -0.05) is 30.3 Å². The van der Waals surface area contributed by atoms with Crippen LogP contribution in [-0.2, 0) is 12.8 Å². The van der Waals surface area contributed by atoms with E-state index >= 15 is 0 Å². The van der Waals surface area contributed by atoms with Gasteiger partial charge in [-0.2, -0.15) is 0 Å². The summed E-state index contributed by atoms with van der Waals surface area (Å²) in [4.78, 5) is 13.8. The standard InChI is InChI=1S/C21H20N4/c1-2-9-17(10-3-1)24-15-25(21-20(24)22-13-14-23-21)19-12-6-8-16-7-4-5-11-18(16)19/h1-3,6,8-10,12-14H,4-5,7,11,15H2. The number of nitrogens with zero attached hydrogens (tertiary/aromatic N) is 4. The van der Waals surface area contributed by atoms with Crippen LogP contribution in [0.25, 0.3) is 0 Å². The molecule has 5 rings (SSSR count). The molecule has 4 heteroatoms. The molecule has 4 nitrogen and oxygen atoms in total. The van der Waals surface area contributed by atoms with Crippen LogP contribution >= 0.6 is 0 Å². The highest BCUT2D eigenvalue weighted by atomic mass is 15.4. The average molecular weight is 328 g/mol. The van der Waals surface area contributed by atoms with Crippen molar-refractivity contribution in [2.24, 2.45) is 0 Å². The monoisotopic (exact) mass is 328 g/mol. The second-order valence-corrected chi connectivity index (χ2v) is 6.66. The summed E-state index contributed by atoms with van der Waals surface area (Å²) < 4.78 is 0. The van der Waals surface area contributed by atoms with Gasteiger partial charge in [0.2, 0.25) is 0 Å². The van der Waals surface area contributed by atoms with Crippen LogP contribution in [0, 0.1) is 0 Å². The van der Waals surface area contributed by atoms with Crippen molar-refractivity contribution in [1.29, 1.82) is 0 Å². The van der Waals surface area contributed by atoms with Crippen LogP contribution in [0.2, 0.25) is 0 Å². The van der Waals surface area contributed by atoms with E-state index in [-0.39, 0.29) is 0 Å². The van der Waals surface area contributed by atoms with Crippen molar-refractivity contribution in [3.8, 4) is 0 Å². The third kappa shape index (κ3) is 2.37. The normalized spacial score (nSPS) is 15.8. The average Bonchev–Trinajstić information content (AvgIpc) is 3.08. The number of hydrogen-bond donors (Lipinski definition) is 0. The lowest BCUT2D eigenvalue weighted by Gasteiger charge is -2.26. The van der Waals surface area contributed by atoms with Crippen molar-refractivity contribution in [1.82, 2.24) is 9.97 Å². The van der Waals surface area contributed by atoms with Gasteiger partial charge in [-0.15, -0.1) is 0 Å². The SMILES string of the molecule is c1ccc(N2CN(c3cccc4c3CCCC4)c3nccnc32)cc1. The molecule has 25 heavy (non-hydrogen) atoms. The van der Waals surface area contributed by atoms with Gasteiger partial charge in [0.15, 0.2) is 11.6 Å². The van der Waals surface area contributed by atoms with Gasteiger partial charge in [0, 0.05) is 23.8 Å². The van der Waals surface area contributed by atoms with Crippen LogP contribution < -0.4 is 9.80 Å². The number of anilines is 4. The van der Waals surface area contributed by atoms with Crippen LogP contribution in [0.1, 0.15) is 24.0 Å². The molecule has 2 aliphatic rings.